The van der Waals surface area contributed by atoms with E-state index in [1.807, 2.05) is 0 Å². The quantitative estimate of drug-likeness (QED) is 0.395. The van der Waals surface area contributed by atoms with E-state index in [-0.39, 0.29) is 0 Å². The molecule has 0 aliphatic heterocycles. The maximum atomic E-state index is 10.5. The number of pyridine rings is 1. The van der Waals surface area contributed by atoms with Crippen molar-refractivity contribution in [2.45, 2.75) is 0 Å². The van der Waals surface area contributed by atoms with Crippen LogP contribution in [0.2, 0.25) is 0 Å². The Hall–Kier alpha value is -1.65. The number of rotatable bonds is 0. The molecule has 0 fully saturated rings. The molecular formula is C5H4N4O. The van der Waals surface area contributed by atoms with Gasteiger partial charge >= 0.3 is 0 Å². The highest BCUT2D eigenvalue weighted by Crippen LogP contribution is 1.98. The van der Waals surface area contributed by atoms with Crippen LogP contribution >= 0.6 is 0 Å². The molecule has 0 aliphatic carbocycles. The van der Waals surface area contributed by atoms with Gasteiger partial charge in [-0.1, -0.05) is 0 Å². The zero-order chi connectivity index (χ0) is 6.97. The number of nitrogens with zero attached hydrogens (tertiary/aromatic N) is 3. The summed E-state index contributed by atoms with van der Waals surface area (Å²) in [6, 6.07) is 3.48. The van der Waals surface area contributed by atoms with E-state index >= 15 is 0 Å². The maximum Gasteiger partial charge on any atom is 0.253 e. The van der Waals surface area contributed by atoms with E-state index in [0.717, 1.165) is 0 Å². The average molecular weight is 136 g/mol. The zero-order valence-corrected chi connectivity index (χ0v) is 4.98. The van der Waals surface area contributed by atoms with Crippen molar-refractivity contribution in [2.24, 2.45) is 0 Å². The van der Waals surface area contributed by atoms with Gasteiger partial charge in [0.2, 0.25) is 0 Å². The topological polar surface area (TPSA) is 68.5 Å². The van der Waals surface area contributed by atoms with Crippen LogP contribution in [0.25, 0.3) is 11.2 Å². The summed E-state index contributed by atoms with van der Waals surface area (Å²) in [6.07, 6.45) is 1.59. The molecule has 2 rings (SSSR count). The Morgan fingerprint density at radius 3 is 3.30 bits per heavy atom. The van der Waals surface area contributed by atoms with Gasteiger partial charge in [0.05, 0.1) is 5.10 Å². The first-order chi connectivity index (χ1) is 4.86. The highest BCUT2D eigenvalue weighted by atomic mass is 16.5. The number of hydrogen-bond donors (Lipinski definition) is 1. The van der Waals surface area contributed by atoms with Gasteiger partial charge in [0.15, 0.2) is 5.52 Å². The van der Waals surface area contributed by atoms with E-state index in [1.54, 1.807) is 18.3 Å². The fraction of sp³-hybridized carbons (Fsp3) is 0. The smallest absolute Gasteiger partial charge is 0.253 e. The second kappa shape index (κ2) is 1.66. The van der Waals surface area contributed by atoms with Crippen molar-refractivity contribution in [3.63, 3.8) is 0 Å². The molecule has 1 N–H and O–H groups in total. The van der Waals surface area contributed by atoms with Crippen LogP contribution in [0.3, 0.4) is 0 Å². The van der Waals surface area contributed by atoms with E-state index in [4.69, 9.17) is 0 Å². The third kappa shape index (κ3) is 0.604. The number of hydrogen-bond acceptors (Lipinski definition) is 3. The Kier molecular flexibility index (Phi) is 0.858. The van der Waals surface area contributed by atoms with Crippen LogP contribution in [-0.2, 0) is 0 Å². The summed E-state index contributed by atoms with van der Waals surface area (Å²) < 4.78 is 0. The van der Waals surface area contributed by atoms with Gasteiger partial charge in [-0.3, -0.25) is 0 Å². The van der Waals surface area contributed by atoms with Crippen molar-refractivity contribution in [3.8, 4) is 0 Å². The van der Waals surface area contributed by atoms with E-state index in [0.29, 0.717) is 16.1 Å². The van der Waals surface area contributed by atoms with Crippen molar-refractivity contribution in [2.75, 3.05) is 0 Å². The Morgan fingerprint density at radius 2 is 2.50 bits per heavy atom. The summed E-state index contributed by atoms with van der Waals surface area (Å²) in [5.74, 6) is 0. The van der Waals surface area contributed by atoms with Crippen molar-refractivity contribution < 1.29 is 4.96 Å². The lowest BCUT2D eigenvalue weighted by molar-refractivity contribution is -0.720. The highest BCUT2D eigenvalue weighted by Gasteiger charge is 2.01. The molecule has 0 saturated carbocycles. The van der Waals surface area contributed by atoms with Gasteiger partial charge in [-0.2, -0.15) is 0 Å². The third-order valence-corrected chi connectivity index (χ3v) is 1.19. The molecule has 50 valence electrons. The fourth-order valence-corrected chi connectivity index (χ4v) is 0.778. The van der Waals surface area contributed by atoms with Gasteiger partial charge < -0.3 is 5.21 Å². The number of aromatic nitrogens is 4. The molecule has 0 bridgehead atoms. The number of nitrogens with one attached hydrogen (secondary N) is 1. The third-order valence-electron chi connectivity index (χ3n) is 1.19. The SMILES string of the molecule is [O-][n+]1nc2ncccc2[nH]1. The minimum absolute atomic E-state index is 0.387. The normalized spacial score (nSPS) is 10.4. The summed E-state index contributed by atoms with van der Waals surface area (Å²) in [5.41, 5.74) is 1.09. The van der Waals surface area contributed by atoms with Gasteiger partial charge in [0, 0.05) is 11.2 Å². The van der Waals surface area contributed by atoms with E-state index in [1.165, 1.54) is 0 Å². The molecule has 5 heteroatoms. The lowest BCUT2D eigenvalue weighted by Crippen LogP contribution is -2.30. The summed E-state index contributed by atoms with van der Waals surface area (Å²) in [6.45, 7) is 0. The van der Waals surface area contributed by atoms with Crippen LogP contribution in [-0.4, -0.2) is 15.2 Å². The van der Waals surface area contributed by atoms with E-state index < -0.39 is 0 Å². The highest BCUT2D eigenvalue weighted by molar-refractivity contribution is 5.66. The molecule has 10 heavy (non-hydrogen) atoms. The van der Waals surface area contributed by atoms with Crippen LogP contribution in [0, 0.1) is 5.21 Å². The molecular weight excluding hydrogens is 132 g/mol. The molecule has 0 amide bonds. The van der Waals surface area contributed by atoms with Crippen LogP contribution in [0.1, 0.15) is 0 Å². The monoisotopic (exact) mass is 136 g/mol. The molecule has 2 aromatic rings. The minimum Gasteiger partial charge on any atom is -0.571 e. The largest absolute Gasteiger partial charge is 0.571 e. The fourth-order valence-electron chi connectivity index (χ4n) is 0.778. The lowest BCUT2D eigenvalue weighted by Gasteiger charge is -1.76. The van der Waals surface area contributed by atoms with E-state index in [2.05, 4.69) is 15.2 Å². The molecule has 0 aromatic carbocycles. The average Bonchev–Trinajstić information content (AvgIpc) is 2.27. The van der Waals surface area contributed by atoms with Crippen LogP contribution < -0.4 is 4.96 Å². The van der Waals surface area contributed by atoms with Gasteiger partial charge in [-0.15, -0.1) is 5.10 Å². The minimum atomic E-state index is 0.387. The van der Waals surface area contributed by atoms with E-state index in [9.17, 15) is 5.21 Å². The van der Waals surface area contributed by atoms with Crippen molar-refractivity contribution in [1.29, 1.82) is 0 Å². The Balaban J connectivity index is 2.88. The van der Waals surface area contributed by atoms with Crippen LogP contribution in [0.15, 0.2) is 18.3 Å². The predicted octanol–water partition coefficient (Wildman–Crippen LogP) is -0.409. The second-order valence-electron chi connectivity index (χ2n) is 1.86. The molecule has 2 heterocycles. The molecule has 0 atom stereocenters. The molecule has 2 aromatic heterocycles. The number of H-pyrrole nitrogens is 1. The first-order valence-electron chi connectivity index (χ1n) is 2.77. The molecule has 0 aliphatic rings. The summed E-state index contributed by atoms with van der Waals surface area (Å²) in [5, 5.41) is 16.5. The molecule has 0 radical (unpaired) electrons. The standard InChI is InChI=1S/C5H4N4O/c10-9-7-4-2-1-3-6-5(4)8-9/h1-3H,(H,6,7,8). The second-order valence-corrected chi connectivity index (χ2v) is 1.86. The van der Waals surface area contributed by atoms with Gasteiger partial charge in [0.1, 0.15) is 0 Å². The number of aromatic amines is 1. The lowest BCUT2D eigenvalue weighted by atomic mass is 10.4. The van der Waals surface area contributed by atoms with Crippen molar-refractivity contribution in [3.05, 3.63) is 23.5 Å². The zero-order valence-electron chi connectivity index (χ0n) is 4.98. The summed E-state index contributed by atoms with van der Waals surface area (Å²) >= 11 is 0. The van der Waals surface area contributed by atoms with Gasteiger partial charge in [-0.05, 0) is 12.1 Å². The summed E-state index contributed by atoms with van der Waals surface area (Å²) in [4.78, 5) is 4.23. The first kappa shape index (κ1) is 5.16. The van der Waals surface area contributed by atoms with Gasteiger partial charge in [-0.25, -0.2) is 4.98 Å². The summed E-state index contributed by atoms with van der Waals surface area (Å²) in [7, 11) is 0. The van der Waals surface area contributed by atoms with Gasteiger partial charge in [0.25, 0.3) is 5.65 Å². The molecule has 0 saturated heterocycles. The Labute approximate surface area is 55.9 Å². The number of fused-ring (bicyclic) bond motifs is 1. The maximum absolute atomic E-state index is 10.5. The molecule has 0 spiro atoms. The van der Waals surface area contributed by atoms with Crippen molar-refractivity contribution in [1.82, 2.24) is 15.2 Å². The van der Waals surface area contributed by atoms with Crippen LogP contribution in [0.4, 0.5) is 0 Å². The van der Waals surface area contributed by atoms with Crippen LogP contribution in [0.5, 0.6) is 0 Å². The Morgan fingerprint density at radius 1 is 1.60 bits per heavy atom. The first-order valence-corrected chi connectivity index (χ1v) is 2.77. The van der Waals surface area contributed by atoms with Crippen molar-refractivity contribution >= 4 is 11.2 Å². The Bertz CT molecular complexity index is 322. The predicted molar refractivity (Wildman–Crippen MR) is 32.8 cm³/mol. The molecule has 5 nitrogen and oxygen atoms in total. The molecule has 0 unspecified atom stereocenters.